The number of Topliss-reactive ketones (excluding diaryl/α,β-unsaturated/α-hetero) is 1. The van der Waals surface area contributed by atoms with Crippen LogP contribution in [0.3, 0.4) is 0 Å². The molecule has 276 valence electrons. The van der Waals surface area contributed by atoms with Crippen molar-refractivity contribution in [3.05, 3.63) is 70.8 Å². The monoisotopic (exact) mass is 698 g/mol. The third kappa shape index (κ3) is 12.6. The molecule has 2 aliphatic carbocycles. The second-order valence-corrected chi connectivity index (χ2v) is 14.4. The van der Waals surface area contributed by atoms with Crippen molar-refractivity contribution in [3.63, 3.8) is 0 Å². The van der Waals surface area contributed by atoms with Gasteiger partial charge in [0.2, 0.25) is 11.6 Å². The second kappa shape index (κ2) is 21.3. The Morgan fingerprint density at radius 2 is 0.980 bits per heavy atom. The third-order valence-corrected chi connectivity index (χ3v) is 10.8. The molecule has 2 fully saturated rings. The molecule has 2 saturated carbocycles. The summed E-state index contributed by atoms with van der Waals surface area (Å²) in [5, 5.41) is 0. The smallest absolute Gasteiger partial charge is 0.201 e. The lowest BCUT2D eigenvalue weighted by atomic mass is 9.79. The van der Waals surface area contributed by atoms with E-state index >= 15 is 0 Å². The van der Waals surface area contributed by atoms with Crippen LogP contribution < -0.4 is 9.47 Å². The van der Waals surface area contributed by atoms with Crippen molar-refractivity contribution in [3.8, 4) is 11.5 Å². The Bertz CT molecular complexity index is 1280. The van der Waals surface area contributed by atoms with Crippen LogP contribution in [0.25, 0.3) is 12.2 Å². The number of carbonyl (C=O) groups is 1. The Labute approximate surface area is 297 Å². The van der Waals surface area contributed by atoms with Crippen LogP contribution in [0.5, 0.6) is 11.5 Å². The summed E-state index contributed by atoms with van der Waals surface area (Å²) in [6, 6.07) is 6.14. The Morgan fingerprint density at radius 1 is 0.580 bits per heavy atom. The highest BCUT2D eigenvalue weighted by Gasteiger charge is 2.21. The molecule has 0 bridgehead atoms. The first-order chi connectivity index (χ1) is 24.3. The Hall–Kier alpha value is -3.09. The summed E-state index contributed by atoms with van der Waals surface area (Å²) in [6.07, 6.45) is 26.8. The Morgan fingerprint density at radius 3 is 1.36 bits per heavy atom. The van der Waals surface area contributed by atoms with E-state index < -0.39 is 23.3 Å². The number of benzene rings is 2. The van der Waals surface area contributed by atoms with Gasteiger partial charge in [0, 0.05) is 24.0 Å². The first-order valence-electron chi connectivity index (χ1n) is 19.4. The summed E-state index contributed by atoms with van der Waals surface area (Å²) in [5.41, 5.74) is 0.536. The molecule has 0 spiro atoms. The molecule has 0 aliphatic heterocycles. The van der Waals surface area contributed by atoms with Gasteiger partial charge in [0.25, 0.3) is 0 Å². The molecule has 7 heteroatoms. The van der Waals surface area contributed by atoms with Gasteiger partial charge in [0.15, 0.2) is 23.1 Å². The number of unbranched alkanes of at least 4 members (excludes halogenated alkanes) is 4. The maximum absolute atomic E-state index is 14.4. The van der Waals surface area contributed by atoms with Crippen molar-refractivity contribution in [2.75, 3.05) is 13.2 Å². The molecule has 50 heavy (non-hydrogen) atoms. The molecule has 0 amide bonds. The van der Waals surface area contributed by atoms with Crippen molar-refractivity contribution >= 4 is 17.9 Å². The number of allylic oxidation sites excluding steroid dienone is 2. The zero-order chi connectivity index (χ0) is 35.7. The number of ketones is 1. The fraction of sp³-hybridized carbons (Fsp3) is 0.605. The van der Waals surface area contributed by atoms with Crippen molar-refractivity contribution in [2.45, 2.75) is 129 Å². The molecule has 2 aromatic carbocycles. The number of ether oxygens (including phenoxy) is 2. The maximum Gasteiger partial charge on any atom is 0.201 e. The summed E-state index contributed by atoms with van der Waals surface area (Å²) in [6.45, 7) is 4.08. The Kier molecular flexibility index (Phi) is 16.9. The number of halogens is 4. The predicted octanol–water partition coefficient (Wildman–Crippen LogP) is 12.8. The minimum atomic E-state index is -0.922. The molecule has 0 radical (unpaired) electrons. The molecule has 3 nitrogen and oxygen atoms in total. The van der Waals surface area contributed by atoms with Crippen LogP contribution in [-0.4, -0.2) is 19.0 Å². The van der Waals surface area contributed by atoms with Crippen LogP contribution in [0, 0.1) is 46.9 Å². The van der Waals surface area contributed by atoms with Gasteiger partial charge in [-0.15, -0.1) is 0 Å². The lowest BCUT2D eigenvalue weighted by molar-refractivity contribution is -0.119. The molecule has 2 aliphatic rings. The Balaban J connectivity index is 0.982. The van der Waals surface area contributed by atoms with Gasteiger partial charge in [0.05, 0.1) is 13.2 Å². The van der Waals surface area contributed by atoms with Crippen molar-refractivity contribution in [1.29, 1.82) is 0 Å². The van der Waals surface area contributed by atoms with Crippen LogP contribution in [0.2, 0.25) is 0 Å². The standard InChI is InChI=1S/C43H58F4O3/c1-3-49-38-29-27-35(40(44)42(38)46)25-23-33-19-15-31(16-20-33)11-7-5-9-13-37(48)14-10-6-8-12-32-17-21-34(22-18-32)24-26-36-28-30-39(50-4-2)43(47)41(36)45/h23-34H,3-22H2,1-2H3/b25-23+,26-24+. The third-order valence-electron chi connectivity index (χ3n) is 10.8. The lowest BCUT2D eigenvalue weighted by Crippen LogP contribution is -2.13. The molecule has 0 heterocycles. The minimum Gasteiger partial charge on any atom is -0.491 e. The van der Waals surface area contributed by atoms with Crippen LogP contribution >= 0.6 is 0 Å². The predicted molar refractivity (Wildman–Crippen MR) is 195 cm³/mol. The molecule has 0 saturated heterocycles. The van der Waals surface area contributed by atoms with Gasteiger partial charge in [-0.3, -0.25) is 4.79 Å². The van der Waals surface area contributed by atoms with Gasteiger partial charge in [-0.2, -0.15) is 8.78 Å². The highest BCUT2D eigenvalue weighted by molar-refractivity contribution is 5.78. The van der Waals surface area contributed by atoms with Gasteiger partial charge in [-0.25, -0.2) is 8.78 Å². The maximum atomic E-state index is 14.4. The van der Waals surface area contributed by atoms with E-state index in [1.54, 1.807) is 38.1 Å². The zero-order valence-corrected chi connectivity index (χ0v) is 30.3. The first kappa shape index (κ1) is 39.7. The summed E-state index contributed by atoms with van der Waals surface area (Å²) in [7, 11) is 0. The van der Waals surface area contributed by atoms with Crippen molar-refractivity contribution in [2.24, 2.45) is 23.7 Å². The summed E-state index contributed by atoms with van der Waals surface area (Å²) >= 11 is 0. The average molecular weight is 699 g/mol. The van der Waals surface area contributed by atoms with Crippen LogP contribution in [0.1, 0.15) is 141 Å². The van der Waals surface area contributed by atoms with E-state index in [1.165, 1.54) is 63.5 Å². The van der Waals surface area contributed by atoms with Crippen molar-refractivity contribution in [1.82, 2.24) is 0 Å². The molecule has 0 atom stereocenters. The van der Waals surface area contributed by atoms with Crippen molar-refractivity contribution < 1.29 is 31.8 Å². The van der Waals surface area contributed by atoms with E-state index in [0.29, 0.717) is 43.7 Å². The largest absolute Gasteiger partial charge is 0.491 e. The topological polar surface area (TPSA) is 35.5 Å². The van der Waals surface area contributed by atoms with Crippen LogP contribution in [-0.2, 0) is 4.79 Å². The molecular weight excluding hydrogens is 640 g/mol. The zero-order valence-electron chi connectivity index (χ0n) is 30.3. The summed E-state index contributed by atoms with van der Waals surface area (Å²) in [5.74, 6) is -0.977. The number of hydrogen-bond donors (Lipinski definition) is 0. The molecule has 4 rings (SSSR count). The van der Waals surface area contributed by atoms with E-state index in [1.807, 2.05) is 12.2 Å². The van der Waals surface area contributed by atoms with Gasteiger partial charge < -0.3 is 9.47 Å². The van der Waals surface area contributed by atoms with Gasteiger partial charge in [-0.05, 0) is 126 Å². The van der Waals surface area contributed by atoms with E-state index in [-0.39, 0.29) is 22.6 Å². The summed E-state index contributed by atoms with van der Waals surface area (Å²) < 4.78 is 67.3. The quantitative estimate of drug-likeness (QED) is 0.102. The normalized spacial score (nSPS) is 21.2. The second-order valence-electron chi connectivity index (χ2n) is 14.4. The lowest BCUT2D eigenvalue weighted by Gasteiger charge is -2.26. The minimum absolute atomic E-state index is 0.0429. The molecule has 0 unspecified atom stereocenters. The molecule has 2 aromatic rings. The molecular formula is C43H58F4O3. The van der Waals surface area contributed by atoms with Gasteiger partial charge in [-0.1, -0.05) is 62.8 Å². The van der Waals surface area contributed by atoms with E-state index in [4.69, 9.17) is 9.47 Å². The van der Waals surface area contributed by atoms with Crippen LogP contribution in [0.4, 0.5) is 17.6 Å². The average Bonchev–Trinajstić information content (AvgIpc) is 3.12. The molecule has 0 aromatic heterocycles. The number of carbonyl (C=O) groups excluding carboxylic acids is 1. The first-order valence-corrected chi connectivity index (χ1v) is 19.4. The highest BCUT2D eigenvalue weighted by Crippen LogP contribution is 2.35. The number of hydrogen-bond acceptors (Lipinski definition) is 3. The number of rotatable bonds is 20. The molecule has 0 N–H and O–H groups in total. The van der Waals surface area contributed by atoms with Crippen LogP contribution in [0.15, 0.2) is 36.4 Å². The van der Waals surface area contributed by atoms with E-state index in [2.05, 4.69) is 0 Å². The van der Waals surface area contributed by atoms with Gasteiger partial charge in [0.1, 0.15) is 5.78 Å². The fourth-order valence-corrected chi connectivity index (χ4v) is 7.69. The van der Waals surface area contributed by atoms with E-state index in [9.17, 15) is 22.4 Å². The SMILES string of the molecule is CCOc1ccc(/C=C/C2CCC(CCCCCC(=O)CCCCCC3CCC(/C=C/c4ccc(OCC)c(F)c4F)CC3)CC2)c(F)c1F. The summed E-state index contributed by atoms with van der Waals surface area (Å²) in [4.78, 5) is 12.4. The highest BCUT2D eigenvalue weighted by atomic mass is 19.2. The van der Waals surface area contributed by atoms with E-state index in [0.717, 1.165) is 63.2 Å². The fourth-order valence-electron chi connectivity index (χ4n) is 7.69. The van der Waals surface area contributed by atoms with Gasteiger partial charge >= 0.3 is 0 Å².